The Bertz CT molecular complexity index is 82.6. The first-order chi connectivity index (χ1) is 4.18. The molecule has 0 nitrogen and oxygen atoms in total. The zero-order valence-corrected chi connectivity index (χ0v) is 6.99. The Hall–Kier alpha value is 0.290. The highest BCUT2D eigenvalue weighted by molar-refractivity contribution is 6.21. The summed E-state index contributed by atoms with van der Waals surface area (Å²) in [5, 5.41) is 0.508. The van der Waals surface area contributed by atoms with E-state index < -0.39 is 0 Å². The lowest BCUT2D eigenvalue weighted by molar-refractivity contribution is 0.270. The van der Waals surface area contributed by atoms with Crippen LogP contribution in [0.4, 0.5) is 0 Å². The smallest absolute Gasteiger partial charge is 0.0341 e. The summed E-state index contributed by atoms with van der Waals surface area (Å²) in [5.41, 5.74) is 0. The summed E-state index contributed by atoms with van der Waals surface area (Å²) < 4.78 is 0. The fourth-order valence-corrected chi connectivity index (χ4v) is 2.02. The van der Waals surface area contributed by atoms with Gasteiger partial charge in [-0.25, -0.2) is 0 Å². The Morgan fingerprint density at radius 2 is 2.00 bits per heavy atom. The van der Waals surface area contributed by atoms with Crippen molar-refractivity contribution in [2.24, 2.45) is 11.8 Å². The summed E-state index contributed by atoms with van der Waals surface area (Å²) in [6.45, 7) is 4.56. The SMILES string of the molecule is CC(C)CC1CC(Cl)C1. The number of hydrogen-bond donors (Lipinski definition) is 0. The molecule has 0 saturated heterocycles. The van der Waals surface area contributed by atoms with E-state index in [-0.39, 0.29) is 0 Å². The first-order valence-electron chi connectivity index (χ1n) is 3.82. The van der Waals surface area contributed by atoms with Crippen LogP contribution in [0, 0.1) is 11.8 Å². The lowest BCUT2D eigenvalue weighted by Crippen LogP contribution is -2.24. The van der Waals surface area contributed by atoms with E-state index in [2.05, 4.69) is 13.8 Å². The molecular weight excluding hydrogens is 132 g/mol. The van der Waals surface area contributed by atoms with Gasteiger partial charge in [0.1, 0.15) is 0 Å². The number of rotatable bonds is 2. The third kappa shape index (κ3) is 2.17. The van der Waals surface area contributed by atoms with Crippen molar-refractivity contribution in [1.82, 2.24) is 0 Å². The van der Waals surface area contributed by atoms with Gasteiger partial charge in [0.2, 0.25) is 0 Å². The summed E-state index contributed by atoms with van der Waals surface area (Å²) in [7, 11) is 0. The highest BCUT2D eigenvalue weighted by Crippen LogP contribution is 2.36. The molecule has 54 valence electrons. The fourth-order valence-electron chi connectivity index (χ4n) is 1.51. The van der Waals surface area contributed by atoms with Crippen LogP contribution in [0.5, 0.6) is 0 Å². The molecule has 1 rings (SSSR count). The van der Waals surface area contributed by atoms with Crippen molar-refractivity contribution in [1.29, 1.82) is 0 Å². The van der Waals surface area contributed by atoms with Crippen LogP contribution in [0.25, 0.3) is 0 Å². The topological polar surface area (TPSA) is 0 Å². The number of alkyl halides is 1. The van der Waals surface area contributed by atoms with Crippen molar-refractivity contribution >= 4 is 11.6 Å². The molecule has 9 heavy (non-hydrogen) atoms. The first kappa shape index (κ1) is 7.40. The van der Waals surface area contributed by atoms with Gasteiger partial charge in [-0.2, -0.15) is 0 Å². The van der Waals surface area contributed by atoms with Crippen molar-refractivity contribution in [2.45, 2.75) is 38.5 Å². The summed E-state index contributed by atoms with van der Waals surface area (Å²) >= 11 is 5.83. The van der Waals surface area contributed by atoms with Gasteiger partial charge < -0.3 is 0 Å². The summed E-state index contributed by atoms with van der Waals surface area (Å²) in [5.74, 6) is 1.81. The van der Waals surface area contributed by atoms with Gasteiger partial charge in [0.05, 0.1) is 0 Å². The van der Waals surface area contributed by atoms with Gasteiger partial charge in [0.15, 0.2) is 0 Å². The molecule has 0 atom stereocenters. The molecular formula is C8H15Cl. The van der Waals surface area contributed by atoms with Crippen LogP contribution < -0.4 is 0 Å². The van der Waals surface area contributed by atoms with E-state index in [4.69, 9.17) is 11.6 Å². The van der Waals surface area contributed by atoms with Crippen LogP contribution in [-0.2, 0) is 0 Å². The Morgan fingerprint density at radius 1 is 1.44 bits per heavy atom. The van der Waals surface area contributed by atoms with E-state index in [1.54, 1.807) is 0 Å². The molecule has 0 radical (unpaired) electrons. The van der Waals surface area contributed by atoms with Crippen molar-refractivity contribution in [3.63, 3.8) is 0 Å². The molecule has 1 saturated carbocycles. The maximum Gasteiger partial charge on any atom is 0.0341 e. The Morgan fingerprint density at radius 3 is 2.33 bits per heavy atom. The zero-order chi connectivity index (χ0) is 6.85. The molecule has 0 aromatic carbocycles. The Labute approximate surface area is 62.6 Å². The summed E-state index contributed by atoms with van der Waals surface area (Å²) in [6, 6.07) is 0. The minimum Gasteiger partial charge on any atom is -0.123 e. The molecule has 0 spiro atoms. The largest absolute Gasteiger partial charge is 0.123 e. The second kappa shape index (κ2) is 2.92. The second-order valence-electron chi connectivity index (χ2n) is 3.56. The first-order valence-corrected chi connectivity index (χ1v) is 4.26. The number of halogens is 1. The van der Waals surface area contributed by atoms with Gasteiger partial charge in [-0.15, -0.1) is 11.6 Å². The Balaban J connectivity index is 2.04. The van der Waals surface area contributed by atoms with E-state index in [9.17, 15) is 0 Å². The highest BCUT2D eigenvalue weighted by atomic mass is 35.5. The van der Waals surface area contributed by atoms with Gasteiger partial charge in [-0.3, -0.25) is 0 Å². The monoisotopic (exact) mass is 146 g/mol. The Kier molecular flexibility index (Phi) is 2.40. The standard InChI is InChI=1S/C8H15Cl/c1-6(2)3-7-4-8(9)5-7/h6-8H,3-5H2,1-2H3. The highest BCUT2D eigenvalue weighted by Gasteiger charge is 2.27. The fraction of sp³-hybridized carbons (Fsp3) is 1.00. The van der Waals surface area contributed by atoms with Crippen LogP contribution in [0.3, 0.4) is 0 Å². The van der Waals surface area contributed by atoms with Crippen molar-refractivity contribution in [2.75, 3.05) is 0 Å². The average Bonchev–Trinajstić information content (AvgIpc) is 1.60. The average molecular weight is 147 g/mol. The molecule has 1 aliphatic carbocycles. The van der Waals surface area contributed by atoms with Crippen LogP contribution in [-0.4, -0.2) is 5.38 Å². The third-order valence-electron chi connectivity index (χ3n) is 1.98. The van der Waals surface area contributed by atoms with E-state index in [0.717, 1.165) is 11.8 Å². The molecule has 1 heteroatoms. The van der Waals surface area contributed by atoms with Crippen molar-refractivity contribution < 1.29 is 0 Å². The van der Waals surface area contributed by atoms with Crippen LogP contribution >= 0.6 is 11.6 Å². The van der Waals surface area contributed by atoms with Gasteiger partial charge in [0.25, 0.3) is 0 Å². The molecule has 0 unspecified atom stereocenters. The molecule has 0 aliphatic heterocycles. The third-order valence-corrected chi connectivity index (χ3v) is 2.34. The summed E-state index contributed by atoms with van der Waals surface area (Å²) in [4.78, 5) is 0. The minimum absolute atomic E-state index is 0.508. The van der Waals surface area contributed by atoms with E-state index >= 15 is 0 Å². The maximum atomic E-state index is 5.83. The second-order valence-corrected chi connectivity index (χ2v) is 4.18. The maximum absolute atomic E-state index is 5.83. The number of hydrogen-bond acceptors (Lipinski definition) is 0. The normalized spacial score (nSPS) is 34.7. The quantitative estimate of drug-likeness (QED) is 0.526. The van der Waals surface area contributed by atoms with Gasteiger partial charge in [0, 0.05) is 5.38 Å². The zero-order valence-electron chi connectivity index (χ0n) is 6.23. The molecule has 1 aliphatic rings. The van der Waals surface area contributed by atoms with Crippen molar-refractivity contribution in [3.8, 4) is 0 Å². The van der Waals surface area contributed by atoms with E-state index in [1.165, 1.54) is 19.3 Å². The van der Waals surface area contributed by atoms with Gasteiger partial charge in [-0.05, 0) is 31.1 Å². The molecule has 0 bridgehead atoms. The van der Waals surface area contributed by atoms with Gasteiger partial charge in [-0.1, -0.05) is 13.8 Å². The molecule has 0 aromatic heterocycles. The molecule has 1 fully saturated rings. The van der Waals surface area contributed by atoms with Crippen LogP contribution in [0.2, 0.25) is 0 Å². The lowest BCUT2D eigenvalue weighted by Gasteiger charge is -2.31. The predicted molar refractivity (Wildman–Crippen MR) is 41.8 cm³/mol. The summed E-state index contributed by atoms with van der Waals surface area (Å²) in [6.07, 6.45) is 3.91. The van der Waals surface area contributed by atoms with E-state index in [1.807, 2.05) is 0 Å². The van der Waals surface area contributed by atoms with Crippen LogP contribution in [0.15, 0.2) is 0 Å². The molecule has 0 N–H and O–H groups in total. The molecule has 0 aromatic rings. The molecule has 0 heterocycles. The lowest BCUT2D eigenvalue weighted by atomic mass is 9.79. The van der Waals surface area contributed by atoms with Gasteiger partial charge >= 0.3 is 0 Å². The van der Waals surface area contributed by atoms with Crippen LogP contribution in [0.1, 0.15) is 33.1 Å². The van der Waals surface area contributed by atoms with E-state index in [0.29, 0.717) is 5.38 Å². The molecule has 0 amide bonds. The van der Waals surface area contributed by atoms with Crippen molar-refractivity contribution in [3.05, 3.63) is 0 Å². The predicted octanol–water partition coefficient (Wildman–Crippen LogP) is 3.05. The minimum atomic E-state index is 0.508.